The van der Waals surface area contributed by atoms with Gasteiger partial charge in [-0.3, -0.25) is 25.1 Å². The molecule has 3 heterocycles. The Morgan fingerprint density at radius 2 is 1.76 bits per heavy atom. The third-order valence-corrected chi connectivity index (χ3v) is 13.8. The van der Waals surface area contributed by atoms with E-state index in [1.165, 1.54) is 47.2 Å². The minimum absolute atomic E-state index is 0.0305. The Kier molecular flexibility index (Phi) is 14.3. The third kappa shape index (κ3) is 11.7. The number of rotatable bonds is 14. The summed E-state index contributed by atoms with van der Waals surface area (Å²) >= 11 is 9.60. The SMILES string of the molecule is CC1(C)CCC(CN2CCN(c3ccc(C(=O)NS(=O)(=O)c4ccc(NCC5CCOCC5)c([N+](=O)[O-])c4)c(Oc4cc(NC(=O)O)ncc4Br)c3)CC2)=C(c2ccc(Cl)cc2)C1. The van der Waals surface area contributed by atoms with Gasteiger partial charge in [0.2, 0.25) is 0 Å². The smallest absolute Gasteiger partial charge is 0.410 e. The van der Waals surface area contributed by atoms with Crippen LogP contribution in [0.25, 0.3) is 5.57 Å². The van der Waals surface area contributed by atoms with E-state index in [9.17, 15) is 33.2 Å². The molecule has 19 heteroatoms. The predicted octanol–water partition coefficient (Wildman–Crippen LogP) is 9.03. The molecule has 4 N–H and O–H groups in total. The van der Waals surface area contributed by atoms with Gasteiger partial charge in [0.05, 0.1) is 19.9 Å². The van der Waals surface area contributed by atoms with Crippen molar-refractivity contribution in [3.05, 3.63) is 109 Å². The monoisotopic (exact) mass is 965 g/mol. The molecule has 1 aromatic heterocycles. The van der Waals surface area contributed by atoms with Crippen molar-refractivity contribution < 1.29 is 37.5 Å². The van der Waals surface area contributed by atoms with Crippen LogP contribution in [0, 0.1) is 21.4 Å². The Hall–Kier alpha value is -5.27. The van der Waals surface area contributed by atoms with Gasteiger partial charge in [-0.05, 0) is 107 Å². The van der Waals surface area contributed by atoms with Crippen molar-refractivity contribution >= 4 is 78.0 Å². The summed E-state index contributed by atoms with van der Waals surface area (Å²) in [6, 6.07) is 17.6. The number of carboxylic acid groups (broad SMARTS) is 1. The zero-order valence-corrected chi connectivity index (χ0v) is 38.0. The van der Waals surface area contributed by atoms with Crippen LogP contribution in [0.15, 0.2) is 87.9 Å². The highest BCUT2D eigenvalue weighted by molar-refractivity contribution is 9.10. The summed E-state index contributed by atoms with van der Waals surface area (Å²) in [7, 11) is -4.64. The normalized spacial score (nSPS) is 17.2. The standard InChI is InChI=1S/C44H49BrClN7O9S/c1-44(2)14-11-30(35(24-44)29-3-5-31(46)6-4-29)27-51-15-17-52(18-16-51)32-7-9-34(39(21-32)62-40-23-41(49-43(55)56)48-26-36(40)45)42(54)50-63(59,60)33-8-10-37(38(22-33)53(57)58)47-25-28-12-19-61-20-13-28/h3-10,21-23,26,28,47H,11-20,24-25,27H2,1-2H3,(H,48,49)(H,50,54)(H,55,56). The first-order chi connectivity index (χ1) is 30.0. The number of carbonyl (C=O) groups excluding carboxylic acids is 1. The second-order valence-electron chi connectivity index (χ2n) is 16.7. The van der Waals surface area contributed by atoms with E-state index < -0.39 is 37.5 Å². The van der Waals surface area contributed by atoms with Gasteiger partial charge >= 0.3 is 6.09 Å². The molecule has 3 aromatic carbocycles. The van der Waals surface area contributed by atoms with E-state index in [1.807, 2.05) is 12.1 Å². The number of carbonyl (C=O) groups is 2. The summed E-state index contributed by atoms with van der Waals surface area (Å²) < 4.78 is 41.4. The lowest BCUT2D eigenvalue weighted by Crippen LogP contribution is -2.47. The molecule has 0 saturated carbocycles. The highest BCUT2D eigenvalue weighted by Gasteiger charge is 2.31. The number of nitro groups is 1. The van der Waals surface area contributed by atoms with Gasteiger partial charge in [-0.15, -0.1) is 0 Å². The molecule has 1 aliphatic carbocycles. The van der Waals surface area contributed by atoms with Crippen molar-refractivity contribution in [1.29, 1.82) is 0 Å². The molecule has 2 saturated heterocycles. The fourth-order valence-corrected chi connectivity index (χ4v) is 9.50. The van der Waals surface area contributed by atoms with Crippen LogP contribution in [0.5, 0.6) is 11.5 Å². The second-order valence-corrected chi connectivity index (χ2v) is 19.7. The van der Waals surface area contributed by atoms with Crippen LogP contribution in [0.3, 0.4) is 0 Å². The Bertz CT molecular complexity index is 2510. The maximum Gasteiger partial charge on any atom is 0.410 e. The number of amides is 2. The number of halogens is 2. The molecule has 2 aliphatic heterocycles. The number of nitrogens with zero attached hydrogens (tertiary/aromatic N) is 4. The second kappa shape index (κ2) is 19.6. The zero-order valence-electron chi connectivity index (χ0n) is 34.9. The fraction of sp³-hybridized carbons (Fsp3) is 0.386. The molecule has 334 valence electrons. The number of ether oxygens (including phenoxy) is 2. The topological polar surface area (TPSA) is 206 Å². The first-order valence-corrected chi connectivity index (χ1v) is 23.3. The number of allylic oxidation sites excluding steroid dienone is 1. The first kappa shape index (κ1) is 45.7. The maximum absolute atomic E-state index is 13.9. The number of piperazine rings is 1. The van der Waals surface area contributed by atoms with E-state index in [4.69, 9.17) is 21.1 Å². The number of nitrogens with one attached hydrogen (secondary N) is 3. The summed E-state index contributed by atoms with van der Waals surface area (Å²) in [5.41, 5.74) is 4.44. The van der Waals surface area contributed by atoms with Crippen molar-refractivity contribution in [2.24, 2.45) is 11.3 Å². The van der Waals surface area contributed by atoms with E-state index in [-0.39, 0.29) is 39.9 Å². The fourth-order valence-electron chi connectivity index (χ4n) is 8.09. The predicted molar refractivity (Wildman–Crippen MR) is 245 cm³/mol. The molecule has 0 bridgehead atoms. The lowest BCUT2D eigenvalue weighted by Gasteiger charge is -2.39. The Balaban J connectivity index is 1.11. The number of pyridine rings is 1. The van der Waals surface area contributed by atoms with E-state index in [2.05, 4.69) is 72.0 Å². The van der Waals surface area contributed by atoms with Crippen LogP contribution in [0.2, 0.25) is 5.02 Å². The van der Waals surface area contributed by atoms with Gasteiger partial charge in [-0.2, -0.15) is 0 Å². The average molecular weight is 967 g/mol. The van der Waals surface area contributed by atoms with Gasteiger partial charge in [0, 0.05) is 87.6 Å². The molecule has 2 fully saturated rings. The quantitative estimate of drug-likeness (QED) is 0.0689. The minimum atomic E-state index is -4.64. The zero-order chi connectivity index (χ0) is 44.9. The average Bonchev–Trinajstić information content (AvgIpc) is 3.25. The van der Waals surface area contributed by atoms with Crippen molar-refractivity contribution in [3.8, 4) is 11.5 Å². The number of hydrogen-bond donors (Lipinski definition) is 4. The lowest BCUT2D eigenvalue weighted by molar-refractivity contribution is -0.384. The van der Waals surface area contributed by atoms with Gasteiger partial charge in [-0.1, -0.05) is 43.2 Å². The minimum Gasteiger partial charge on any atom is -0.465 e. The number of anilines is 3. The third-order valence-electron chi connectivity index (χ3n) is 11.6. The Labute approximate surface area is 379 Å². The van der Waals surface area contributed by atoms with E-state index in [1.54, 1.807) is 12.1 Å². The molecule has 63 heavy (non-hydrogen) atoms. The highest BCUT2D eigenvalue weighted by atomic mass is 79.9. The largest absolute Gasteiger partial charge is 0.465 e. The van der Waals surface area contributed by atoms with Crippen LogP contribution >= 0.6 is 27.5 Å². The van der Waals surface area contributed by atoms with E-state index in [0.717, 1.165) is 57.8 Å². The molecule has 3 aliphatic rings. The summed E-state index contributed by atoms with van der Waals surface area (Å²) in [5.74, 6) is -0.803. The van der Waals surface area contributed by atoms with Crippen molar-refractivity contribution in [1.82, 2.24) is 14.6 Å². The van der Waals surface area contributed by atoms with Gasteiger partial charge < -0.3 is 24.8 Å². The molecule has 0 unspecified atom stereocenters. The van der Waals surface area contributed by atoms with Gasteiger partial charge in [0.15, 0.2) is 0 Å². The Morgan fingerprint density at radius 3 is 2.46 bits per heavy atom. The molecule has 0 atom stereocenters. The number of hydrogen-bond acceptors (Lipinski definition) is 12. The lowest BCUT2D eigenvalue weighted by atomic mass is 9.72. The van der Waals surface area contributed by atoms with E-state index in [0.29, 0.717) is 48.0 Å². The van der Waals surface area contributed by atoms with Gasteiger partial charge in [-0.25, -0.2) is 22.9 Å². The van der Waals surface area contributed by atoms with E-state index >= 15 is 0 Å². The number of nitro benzene ring substituents is 1. The molecular weight excluding hydrogens is 918 g/mol. The van der Waals surface area contributed by atoms with Crippen LogP contribution in [-0.4, -0.2) is 92.8 Å². The van der Waals surface area contributed by atoms with Crippen molar-refractivity contribution in [3.63, 3.8) is 0 Å². The van der Waals surface area contributed by atoms with Crippen LogP contribution < -0.4 is 25.0 Å². The number of benzene rings is 3. The molecule has 0 spiro atoms. The van der Waals surface area contributed by atoms with Gasteiger partial charge in [0.1, 0.15) is 23.0 Å². The summed E-state index contributed by atoms with van der Waals surface area (Å²) in [4.78, 5) is 44.9. The number of sulfonamides is 1. The van der Waals surface area contributed by atoms with Gasteiger partial charge in [0.25, 0.3) is 21.6 Å². The van der Waals surface area contributed by atoms with Crippen molar-refractivity contribution in [2.75, 3.05) is 68.0 Å². The molecule has 4 aromatic rings. The summed E-state index contributed by atoms with van der Waals surface area (Å²) in [5, 5.41) is 27.3. The summed E-state index contributed by atoms with van der Waals surface area (Å²) in [6.45, 7) is 9.93. The highest BCUT2D eigenvalue weighted by Crippen LogP contribution is 2.44. The number of aromatic nitrogens is 1. The molecule has 16 nitrogen and oxygen atoms in total. The molecule has 7 rings (SSSR count). The Morgan fingerprint density at radius 1 is 1.03 bits per heavy atom. The molecule has 2 amide bonds. The summed E-state index contributed by atoms with van der Waals surface area (Å²) in [6.07, 6.45) is 4.66. The van der Waals surface area contributed by atoms with Crippen LogP contribution in [0.4, 0.5) is 27.7 Å². The molecule has 0 radical (unpaired) electrons. The van der Waals surface area contributed by atoms with Crippen molar-refractivity contribution in [2.45, 2.75) is 50.8 Å². The first-order valence-electron chi connectivity index (χ1n) is 20.6. The molecular formula is C44H49BrClN7O9S. The maximum atomic E-state index is 13.9. The van der Waals surface area contributed by atoms with Crippen LogP contribution in [-0.2, 0) is 14.8 Å². The van der Waals surface area contributed by atoms with Crippen LogP contribution in [0.1, 0.15) is 61.9 Å².